The second-order valence-electron chi connectivity index (χ2n) is 4.68. The van der Waals surface area contributed by atoms with E-state index in [-0.39, 0.29) is 18.6 Å². The Morgan fingerprint density at radius 2 is 2.33 bits per heavy atom. The van der Waals surface area contributed by atoms with Crippen LogP contribution in [-0.2, 0) is 0 Å². The molecule has 1 heterocycles. The third kappa shape index (κ3) is 2.34. The first kappa shape index (κ1) is 12.9. The van der Waals surface area contributed by atoms with Crippen LogP contribution in [-0.4, -0.2) is 42.2 Å². The van der Waals surface area contributed by atoms with Gasteiger partial charge < -0.3 is 14.7 Å². The Labute approximate surface area is 107 Å². The average Bonchev–Trinajstić information content (AvgIpc) is 2.86. The largest absolute Gasteiger partial charge is 0.496 e. The Balaban J connectivity index is 2.30. The van der Waals surface area contributed by atoms with E-state index in [1.165, 1.54) is 0 Å². The number of ether oxygens (including phenoxy) is 1. The van der Waals surface area contributed by atoms with Crippen LogP contribution in [0.15, 0.2) is 18.2 Å². The maximum Gasteiger partial charge on any atom is 0.257 e. The van der Waals surface area contributed by atoms with Crippen molar-refractivity contribution in [3.05, 3.63) is 29.3 Å². The Morgan fingerprint density at radius 1 is 1.56 bits per heavy atom. The molecule has 1 aromatic carbocycles. The van der Waals surface area contributed by atoms with E-state index in [0.29, 0.717) is 17.9 Å². The highest BCUT2D eigenvalue weighted by Gasteiger charge is 2.30. The number of methoxy groups -OCH3 is 1. The molecule has 1 saturated heterocycles. The topological polar surface area (TPSA) is 49.8 Å². The first-order valence-electron chi connectivity index (χ1n) is 6.24. The lowest BCUT2D eigenvalue weighted by Crippen LogP contribution is -2.37. The molecule has 0 radical (unpaired) electrons. The Morgan fingerprint density at radius 3 is 3.00 bits per heavy atom. The quantitative estimate of drug-likeness (QED) is 0.885. The number of hydrogen-bond donors (Lipinski definition) is 1. The van der Waals surface area contributed by atoms with Gasteiger partial charge in [0.2, 0.25) is 0 Å². The molecule has 4 heteroatoms. The number of hydrogen-bond acceptors (Lipinski definition) is 3. The summed E-state index contributed by atoms with van der Waals surface area (Å²) in [4.78, 5) is 14.2. The smallest absolute Gasteiger partial charge is 0.257 e. The summed E-state index contributed by atoms with van der Waals surface area (Å²) in [7, 11) is 1.56. The number of nitrogens with zero attached hydrogens (tertiary/aromatic N) is 1. The number of aliphatic hydroxyl groups excluding tert-OH is 1. The zero-order chi connectivity index (χ0) is 13.1. The second-order valence-corrected chi connectivity index (χ2v) is 4.68. The van der Waals surface area contributed by atoms with Crippen LogP contribution in [0.4, 0.5) is 0 Å². The third-order valence-electron chi connectivity index (χ3n) is 3.43. The number of carbonyl (C=O) groups is 1. The highest BCUT2D eigenvalue weighted by molar-refractivity contribution is 5.97. The van der Waals surface area contributed by atoms with Crippen molar-refractivity contribution in [3.8, 4) is 5.75 Å². The van der Waals surface area contributed by atoms with Gasteiger partial charge in [-0.05, 0) is 31.9 Å². The molecule has 1 aliphatic heterocycles. The molecule has 0 saturated carbocycles. The van der Waals surface area contributed by atoms with Gasteiger partial charge in [0, 0.05) is 6.54 Å². The zero-order valence-corrected chi connectivity index (χ0v) is 10.8. The minimum absolute atomic E-state index is 0.0276. The van der Waals surface area contributed by atoms with Gasteiger partial charge in [-0.15, -0.1) is 0 Å². The molecule has 98 valence electrons. The normalized spacial score (nSPS) is 19.1. The van der Waals surface area contributed by atoms with Crippen molar-refractivity contribution >= 4 is 5.91 Å². The van der Waals surface area contributed by atoms with Crippen LogP contribution in [0.25, 0.3) is 0 Å². The fourth-order valence-electron chi connectivity index (χ4n) is 2.44. The molecule has 0 aromatic heterocycles. The first-order chi connectivity index (χ1) is 8.67. The van der Waals surface area contributed by atoms with Crippen LogP contribution in [0.3, 0.4) is 0 Å². The average molecular weight is 249 g/mol. The maximum absolute atomic E-state index is 12.5. The molecule has 0 unspecified atom stereocenters. The summed E-state index contributed by atoms with van der Waals surface area (Å²) in [5.74, 6) is 0.543. The van der Waals surface area contributed by atoms with Crippen LogP contribution in [0, 0.1) is 6.92 Å². The Bertz CT molecular complexity index is 445. The fourth-order valence-corrected chi connectivity index (χ4v) is 2.44. The SMILES string of the molecule is COc1ccc(C)cc1C(=O)N1CCC[C@H]1CO. The van der Waals surface area contributed by atoms with Crippen molar-refractivity contribution in [2.24, 2.45) is 0 Å². The highest BCUT2D eigenvalue weighted by atomic mass is 16.5. The van der Waals surface area contributed by atoms with Gasteiger partial charge in [-0.25, -0.2) is 0 Å². The van der Waals surface area contributed by atoms with Gasteiger partial charge in [0.15, 0.2) is 0 Å². The van der Waals surface area contributed by atoms with Crippen molar-refractivity contribution < 1.29 is 14.6 Å². The number of amides is 1. The van der Waals surface area contributed by atoms with Crippen molar-refractivity contribution in [2.75, 3.05) is 20.3 Å². The van der Waals surface area contributed by atoms with E-state index in [9.17, 15) is 9.90 Å². The number of rotatable bonds is 3. The summed E-state index contributed by atoms with van der Waals surface area (Å²) in [5, 5.41) is 9.29. The van der Waals surface area contributed by atoms with Gasteiger partial charge in [-0.2, -0.15) is 0 Å². The van der Waals surface area contributed by atoms with E-state index in [4.69, 9.17) is 4.74 Å². The number of aliphatic hydroxyl groups is 1. The summed E-state index contributed by atoms with van der Waals surface area (Å²) in [6.45, 7) is 2.69. The summed E-state index contributed by atoms with van der Waals surface area (Å²) in [6, 6.07) is 5.52. The zero-order valence-electron chi connectivity index (χ0n) is 10.8. The summed E-state index contributed by atoms with van der Waals surface area (Å²) in [6.07, 6.45) is 1.82. The van der Waals surface area contributed by atoms with Crippen molar-refractivity contribution in [1.82, 2.24) is 4.90 Å². The summed E-state index contributed by atoms with van der Waals surface area (Å²) < 4.78 is 5.24. The number of aryl methyl sites for hydroxylation is 1. The monoisotopic (exact) mass is 249 g/mol. The van der Waals surface area contributed by atoms with Crippen molar-refractivity contribution in [3.63, 3.8) is 0 Å². The third-order valence-corrected chi connectivity index (χ3v) is 3.43. The maximum atomic E-state index is 12.5. The molecule has 1 N–H and O–H groups in total. The standard InChI is InChI=1S/C14H19NO3/c1-10-5-6-13(18-2)12(8-10)14(17)15-7-3-4-11(15)9-16/h5-6,8,11,16H,3-4,7,9H2,1-2H3/t11-/m0/s1. The van der Waals surface area contributed by atoms with Crippen molar-refractivity contribution in [2.45, 2.75) is 25.8 Å². The van der Waals surface area contributed by atoms with Gasteiger partial charge in [0.25, 0.3) is 5.91 Å². The summed E-state index contributed by atoms with van der Waals surface area (Å²) in [5.41, 5.74) is 1.61. The van der Waals surface area contributed by atoms with E-state index in [0.717, 1.165) is 18.4 Å². The van der Waals surface area contributed by atoms with Crippen LogP contribution in [0.1, 0.15) is 28.8 Å². The van der Waals surface area contributed by atoms with E-state index in [2.05, 4.69) is 0 Å². The molecular formula is C14H19NO3. The fraction of sp³-hybridized carbons (Fsp3) is 0.500. The van der Waals surface area contributed by atoms with Gasteiger partial charge >= 0.3 is 0 Å². The van der Waals surface area contributed by atoms with Gasteiger partial charge in [0.05, 0.1) is 25.3 Å². The molecular weight excluding hydrogens is 230 g/mol. The lowest BCUT2D eigenvalue weighted by Gasteiger charge is -2.24. The van der Waals surface area contributed by atoms with E-state index in [1.807, 2.05) is 25.1 Å². The predicted molar refractivity (Wildman–Crippen MR) is 68.9 cm³/mol. The highest BCUT2D eigenvalue weighted by Crippen LogP contribution is 2.25. The van der Waals surface area contributed by atoms with E-state index >= 15 is 0 Å². The lowest BCUT2D eigenvalue weighted by molar-refractivity contribution is 0.0674. The minimum Gasteiger partial charge on any atom is -0.496 e. The molecule has 0 spiro atoms. The second kappa shape index (κ2) is 5.40. The van der Waals surface area contributed by atoms with Gasteiger partial charge in [-0.1, -0.05) is 11.6 Å². The van der Waals surface area contributed by atoms with Crippen molar-refractivity contribution in [1.29, 1.82) is 0 Å². The van der Waals surface area contributed by atoms with Gasteiger partial charge in [0.1, 0.15) is 5.75 Å². The Kier molecular flexibility index (Phi) is 3.87. The molecule has 1 aromatic rings. The van der Waals surface area contributed by atoms with Crippen LogP contribution in [0.2, 0.25) is 0 Å². The molecule has 2 rings (SSSR count). The molecule has 1 amide bonds. The van der Waals surface area contributed by atoms with Gasteiger partial charge in [-0.3, -0.25) is 4.79 Å². The lowest BCUT2D eigenvalue weighted by atomic mass is 10.1. The van der Waals surface area contributed by atoms with E-state index in [1.54, 1.807) is 12.0 Å². The molecule has 0 bridgehead atoms. The number of carbonyl (C=O) groups excluding carboxylic acids is 1. The van der Waals surface area contributed by atoms with Crippen LogP contribution in [0.5, 0.6) is 5.75 Å². The molecule has 18 heavy (non-hydrogen) atoms. The molecule has 1 aliphatic rings. The molecule has 1 fully saturated rings. The van der Waals surface area contributed by atoms with Crippen LogP contribution >= 0.6 is 0 Å². The predicted octanol–water partition coefficient (Wildman–Crippen LogP) is 1.60. The van der Waals surface area contributed by atoms with Crippen LogP contribution < -0.4 is 4.74 Å². The Hall–Kier alpha value is -1.55. The molecule has 1 atom stereocenters. The first-order valence-corrected chi connectivity index (χ1v) is 6.24. The van der Waals surface area contributed by atoms with E-state index < -0.39 is 0 Å². The molecule has 0 aliphatic carbocycles. The molecule has 4 nitrogen and oxygen atoms in total. The minimum atomic E-state index is -0.0530. The summed E-state index contributed by atoms with van der Waals surface area (Å²) >= 11 is 0. The number of benzene rings is 1. The number of likely N-dealkylation sites (tertiary alicyclic amines) is 1.